The quantitative estimate of drug-likeness (QED) is 0.567. The van der Waals surface area contributed by atoms with E-state index < -0.39 is 0 Å². The number of carbonyl (C=O) groups is 1. The minimum Gasteiger partial charge on any atom is -0.493 e. The molecule has 2 nitrogen and oxygen atoms in total. The predicted octanol–water partition coefficient (Wildman–Crippen LogP) is 4.75. The van der Waals surface area contributed by atoms with Crippen molar-refractivity contribution in [2.75, 3.05) is 6.61 Å². The Balaban J connectivity index is 1.76. The lowest BCUT2D eigenvalue weighted by Gasteiger charge is -2.08. The molecule has 0 atom stereocenters. The molecule has 1 aromatic heterocycles. The van der Waals surface area contributed by atoms with Gasteiger partial charge in [0.15, 0.2) is 5.78 Å². The van der Waals surface area contributed by atoms with Gasteiger partial charge >= 0.3 is 0 Å². The minimum atomic E-state index is 0.187. The zero-order valence-electron chi connectivity index (χ0n) is 10.7. The van der Waals surface area contributed by atoms with E-state index in [2.05, 4.69) is 0 Å². The molecular formula is C15H15ClO2S. The maximum atomic E-state index is 11.8. The van der Waals surface area contributed by atoms with Crippen molar-refractivity contribution >= 4 is 28.7 Å². The van der Waals surface area contributed by atoms with E-state index in [1.54, 1.807) is 6.07 Å². The summed E-state index contributed by atoms with van der Waals surface area (Å²) in [6.07, 6.45) is 1.24. The molecule has 0 aliphatic rings. The van der Waals surface area contributed by atoms with Gasteiger partial charge in [0.1, 0.15) is 5.75 Å². The zero-order chi connectivity index (χ0) is 13.7. The van der Waals surface area contributed by atoms with Crippen LogP contribution < -0.4 is 4.74 Å². The second kappa shape index (κ2) is 6.73. The minimum absolute atomic E-state index is 0.187. The van der Waals surface area contributed by atoms with Crippen molar-refractivity contribution in [1.82, 2.24) is 0 Å². The molecule has 0 radical (unpaired) electrons. The van der Waals surface area contributed by atoms with E-state index in [9.17, 15) is 4.79 Å². The van der Waals surface area contributed by atoms with Crippen LogP contribution in [-0.4, -0.2) is 12.4 Å². The van der Waals surface area contributed by atoms with E-state index in [1.807, 2.05) is 36.6 Å². The summed E-state index contributed by atoms with van der Waals surface area (Å²) in [5, 5.41) is 2.62. The average molecular weight is 295 g/mol. The van der Waals surface area contributed by atoms with E-state index in [1.165, 1.54) is 11.3 Å². The van der Waals surface area contributed by atoms with E-state index in [-0.39, 0.29) is 5.78 Å². The zero-order valence-corrected chi connectivity index (χ0v) is 12.3. The molecule has 100 valence electrons. The van der Waals surface area contributed by atoms with Crippen LogP contribution in [0.2, 0.25) is 5.02 Å². The average Bonchev–Trinajstić information content (AvgIpc) is 2.90. The molecule has 0 aliphatic heterocycles. The summed E-state index contributed by atoms with van der Waals surface area (Å²) in [5.41, 5.74) is 1.01. The SMILES string of the molecule is Cc1cc(Cl)ccc1OCCCC(=O)c1cccs1. The molecule has 0 bridgehead atoms. The molecule has 0 spiro atoms. The summed E-state index contributed by atoms with van der Waals surface area (Å²) in [4.78, 5) is 12.6. The number of carbonyl (C=O) groups excluding carboxylic acids is 1. The molecule has 0 unspecified atom stereocenters. The highest BCUT2D eigenvalue weighted by atomic mass is 35.5. The molecule has 0 amide bonds. The van der Waals surface area contributed by atoms with Crippen LogP contribution in [0.1, 0.15) is 28.1 Å². The molecule has 0 fully saturated rings. The van der Waals surface area contributed by atoms with Crippen LogP contribution in [0.25, 0.3) is 0 Å². The third kappa shape index (κ3) is 4.08. The van der Waals surface area contributed by atoms with Gasteiger partial charge in [-0.15, -0.1) is 11.3 Å². The van der Waals surface area contributed by atoms with Crippen LogP contribution in [0.15, 0.2) is 35.7 Å². The van der Waals surface area contributed by atoms with Gasteiger partial charge in [-0.1, -0.05) is 17.7 Å². The molecule has 19 heavy (non-hydrogen) atoms. The van der Waals surface area contributed by atoms with Crippen LogP contribution in [-0.2, 0) is 0 Å². The van der Waals surface area contributed by atoms with Crippen LogP contribution in [0.5, 0.6) is 5.75 Å². The monoisotopic (exact) mass is 294 g/mol. The van der Waals surface area contributed by atoms with Gasteiger partial charge < -0.3 is 4.74 Å². The first-order valence-corrected chi connectivity index (χ1v) is 7.38. The summed E-state index contributed by atoms with van der Waals surface area (Å²) in [5.74, 6) is 1.01. The van der Waals surface area contributed by atoms with Crippen molar-refractivity contribution in [3.8, 4) is 5.75 Å². The lowest BCUT2D eigenvalue weighted by atomic mass is 10.2. The molecular weight excluding hydrogens is 280 g/mol. The first kappa shape index (κ1) is 14.1. The number of aryl methyl sites for hydroxylation is 1. The highest BCUT2D eigenvalue weighted by Crippen LogP contribution is 2.22. The summed E-state index contributed by atoms with van der Waals surface area (Å²) < 4.78 is 5.65. The summed E-state index contributed by atoms with van der Waals surface area (Å²) in [6.45, 7) is 2.50. The number of ketones is 1. The Kier molecular flexibility index (Phi) is 5.00. The second-order valence-corrected chi connectivity index (χ2v) is 5.65. The smallest absolute Gasteiger partial charge is 0.172 e. The Labute approximate surface area is 122 Å². The molecule has 1 aromatic carbocycles. The first-order valence-electron chi connectivity index (χ1n) is 6.12. The number of ether oxygens (including phenoxy) is 1. The maximum Gasteiger partial charge on any atom is 0.172 e. The summed E-state index contributed by atoms with van der Waals surface area (Å²) in [6, 6.07) is 9.29. The van der Waals surface area contributed by atoms with E-state index in [0.717, 1.165) is 22.6 Å². The molecule has 2 aromatic rings. The molecule has 0 aliphatic carbocycles. The van der Waals surface area contributed by atoms with Gasteiger partial charge in [-0.3, -0.25) is 4.79 Å². The number of rotatable bonds is 6. The molecule has 0 N–H and O–H groups in total. The molecule has 1 heterocycles. The lowest BCUT2D eigenvalue weighted by Crippen LogP contribution is -2.03. The van der Waals surface area contributed by atoms with Crippen molar-refractivity contribution in [2.24, 2.45) is 0 Å². The number of Topliss-reactive ketones (excluding diaryl/α,β-unsaturated/α-hetero) is 1. The van der Waals surface area contributed by atoms with E-state index in [0.29, 0.717) is 18.1 Å². The highest BCUT2D eigenvalue weighted by molar-refractivity contribution is 7.12. The fourth-order valence-corrected chi connectivity index (χ4v) is 2.67. The fraction of sp³-hybridized carbons (Fsp3) is 0.267. The summed E-state index contributed by atoms with van der Waals surface area (Å²) in [7, 11) is 0. The first-order chi connectivity index (χ1) is 9.16. The van der Waals surface area contributed by atoms with E-state index in [4.69, 9.17) is 16.3 Å². The number of hydrogen-bond acceptors (Lipinski definition) is 3. The van der Waals surface area contributed by atoms with E-state index >= 15 is 0 Å². The van der Waals surface area contributed by atoms with Crippen LogP contribution in [0.4, 0.5) is 0 Å². The third-order valence-electron chi connectivity index (χ3n) is 2.74. The molecule has 2 rings (SSSR count). The highest BCUT2D eigenvalue weighted by Gasteiger charge is 2.06. The van der Waals surface area contributed by atoms with Gasteiger partial charge in [-0.25, -0.2) is 0 Å². The lowest BCUT2D eigenvalue weighted by molar-refractivity contribution is 0.0977. The number of hydrogen-bond donors (Lipinski definition) is 0. The number of halogens is 1. The Morgan fingerprint density at radius 3 is 2.89 bits per heavy atom. The van der Waals surface area contributed by atoms with Crippen molar-refractivity contribution in [3.05, 3.63) is 51.2 Å². The fourth-order valence-electron chi connectivity index (χ4n) is 1.75. The number of thiophene rings is 1. The van der Waals surface area contributed by atoms with Crippen LogP contribution in [0, 0.1) is 6.92 Å². The van der Waals surface area contributed by atoms with Gasteiger partial charge in [0, 0.05) is 11.4 Å². The molecule has 0 saturated carbocycles. The normalized spacial score (nSPS) is 10.4. The van der Waals surface area contributed by atoms with Gasteiger partial charge in [-0.05, 0) is 48.6 Å². The second-order valence-electron chi connectivity index (χ2n) is 4.26. The summed E-state index contributed by atoms with van der Waals surface area (Å²) >= 11 is 7.36. The molecule has 0 saturated heterocycles. The van der Waals surface area contributed by atoms with Gasteiger partial charge in [0.05, 0.1) is 11.5 Å². The van der Waals surface area contributed by atoms with Gasteiger partial charge in [0.25, 0.3) is 0 Å². The van der Waals surface area contributed by atoms with Crippen LogP contribution in [0.3, 0.4) is 0 Å². The Bertz CT molecular complexity index is 549. The van der Waals surface area contributed by atoms with Crippen molar-refractivity contribution < 1.29 is 9.53 Å². The predicted molar refractivity (Wildman–Crippen MR) is 79.6 cm³/mol. The topological polar surface area (TPSA) is 26.3 Å². The van der Waals surface area contributed by atoms with Crippen LogP contribution >= 0.6 is 22.9 Å². The van der Waals surface area contributed by atoms with Gasteiger partial charge in [0.2, 0.25) is 0 Å². The molecule has 4 heteroatoms. The Hall–Kier alpha value is -1.32. The third-order valence-corrected chi connectivity index (χ3v) is 3.88. The standard InChI is InChI=1S/C15H15ClO2S/c1-11-10-12(16)6-7-14(11)18-8-2-4-13(17)15-5-3-9-19-15/h3,5-7,9-10H,2,4,8H2,1H3. The largest absolute Gasteiger partial charge is 0.493 e. The van der Waals surface area contributed by atoms with Crippen molar-refractivity contribution in [1.29, 1.82) is 0 Å². The Morgan fingerprint density at radius 1 is 1.37 bits per heavy atom. The van der Waals surface area contributed by atoms with Crippen molar-refractivity contribution in [3.63, 3.8) is 0 Å². The number of benzene rings is 1. The maximum absolute atomic E-state index is 11.8. The Morgan fingerprint density at radius 2 is 2.21 bits per heavy atom. The van der Waals surface area contributed by atoms with Crippen molar-refractivity contribution in [2.45, 2.75) is 19.8 Å². The van der Waals surface area contributed by atoms with Gasteiger partial charge in [-0.2, -0.15) is 0 Å².